The van der Waals surface area contributed by atoms with E-state index in [0.717, 1.165) is 5.66 Å². The van der Waals surface area contributed by atoms with Gasteiger partial charge in [0.25, 0.3) is 0 Å². The number of allylic oxidation sites excluding steroid dienone is 1. The Bertz CT molecular complexity index is 372. The summed E-state index contributed by atoms with van der Waals surface area (Å²) in [5, 5.41) is 0. The minimum atomic E-state index is 0.0429. The van der Waals surface area contributed by atoms with Gasteiger partial charge in [0.2, 0.25) is 0 Å². The Labute approximate surface area is 173 Å². The molecule has 3 nitrogen and oxygen atoms in total. The molecule has 0 radical (unpaired) electrons. The normalized spacial score (nSPS) is 14.0. The van der Waals surface area contributed by atoms with Crippen LogP contribution in [0.5, 0.6) is 0 Å². The van der Waals surface area contributed by atoms with Gasteiger partial charge in [0.15, 0.2) is 0 Å². The van der Waals surface area contributed by atoms with Gasteiger partial charge in [0.1, 0.15) is 0 Å². The SMILES string of the molecule is C=C(CCCN(CCCN(C)C)CCCN(C)C)C(CC(C)(C)C)P(C)C. The molecule has 0 bridgehead atoms. The molecule has 0 aromatic rings. The van der Waals surface area contributed by atoms with Crippen molar-refractivity contribution in [2.75, 3.05) is 74.2 Å². The zero-order chi connectivity index (χ0) is 21.0. The monoisotopic (exact) mass is 399 g/mol. The first kappa shape index (κ1) is 27.0. The Balaban J connectivity index is 4.48. The third-order valence-electron chi connectivity index (χ3n) is 5.03. The molecule has 1 unspecified atom stereocenters. The van der Waals surface area contributed by atoms with E-state index in [1.165, 1.54) is 70.4 Å². The molecule has 0 aliphatic heterocycles. The van der Waals surface area contributed by atoms with E-state index in [9.17, 15) is 0 Å². The van der Waals surface area contributed by atoms with Gasteiger partial charge in [-0.05, 0) is 117 Å². The number of rotatable bonds is 15. The fraction of sp³-hybridized carbons (Fsp3) is 0.913. The van der Waals surface area contributed by atoms with Crippen LogP contribution >= 0.6 is 7.92 Å². The predicted molar refractivity (Wildman–Crippen MR) is 128 cm³/mol. The minimum absolute atomic E-state index is 0.0429. The molecule has 0 amide bonds. The smallest absolute Gasteiger partial charge is 0.000207 e. The fourth-order valence-electron chi connectivity index (χ4n) is 3.52. The maximum absolute atomic E-state index is 4.51. The first-order valence-corrected chi connectivity index (χ1v) is 13.1. The molecule has 0 saturated carbocycles. The molecule has 0 aliphatic carbocycles. The standard InChI is InChI=1S/C23H50N3P/c1-21(22(27(9)10)20-23(2,3)4)14-11-17-26(18-12-15-24(5)6)19-13-16-25(7)8/h22H,1,11-20H2,2-10H3. The van der Waals surface area contributed by atoms with Crippen LogP contribution in [0, 0.1) is 5.41 Å². The molecule has 0 saturated heterocycles. The molecule has 0 N–H and O–H groups in total. The molecule has 0 rings (SSSR count). The summed E-state index contributed by atoms with van der Waals surface area (Å²) in [7, 11) is 8.72. The van der Waals surface area contributed by atoms with E-state index in [1.54, 1.807) is 0 Å². The number of hydrogen-bond donors (Lipinski definition) is 0. The summed E-state index contributed by atoms with van der Waals surface area (Å²) in [6.07, 6.45) is 6.25. The highest BCUT2D eigenvalue weighted by atomic mass is 31.1. The molecule has 0 aromatic heterocycles. The lowest BCUT2D eigenvalue weighted by atomic mass is 9.87. The van der Waals surface area contributed by atoms with Crippen LogP contribution in [0.2, 0.25) is 0 Å². The third kappa shape index (κ3) is 15.6. The van der Waals surface area contributed by atoms with Gasteiger partial charge in [0, 0.05) is 0 Å². The van der Waals surface area contributed by atoms with Crippen LogP contribution in [-0.2, 0) is 0 Å². The topological polar surface area (TPSA) is 9.72 Å². The lowest BCUT2D eigenvalue weighted by molar-refractivity contribution is 0.238. The molecule has 0 aromatic carbocycles. The van der Waals surface area contributed by atoms with Crippen LogP contribution in [0.4, 0.5) is 0 Å². The molecule has 4 heteroatoms. The van der Waals surface area contributed by atoms with Gasteiger partial charge in [-0.25, -0.2) is 0 Å². The Hall–Kier alpha value is 0.0500. The van der Waals surface area contributed by atoms with E-state index >= 15 is 0 Å². The van der Waals surface area contributed by atoms with Crippen molar-refractivity contribution in [2.45, 2.75) is 58.5 Å². The van der Waals surface area contributed by atoms with Crippen molar-refractivity contribution in [3.05, 3.63) is 12.2 Å². The van der Waals surface area contributed by atoms with Crippen molar-refractivity contribution in [3.63, 3.8) is 0 Å². The summed E-state index contributed by atoms with van der Waals surface area (Å²) in [4.78, 5) is 7.27. The molecule has 27 heavy (non-hydrogen) atoms. The maximum atomic E-state index is 4.51. The lowest BCUT2D eigenvalue weighted by Crippen LogP contribution is -2.31. The summed E-state index contributed by atoms with van der Waals surface area (Å²) >= 11 is 0. The summed E-state index contributed by atoms with van der Waals surface area (Å²) < 4.78 is 0. The summed E-state index contributed by atoms with van der Waals surface area (Å²) in [6.45, 7) is 22.5. The van der Waals surface area contributed by atoms with Crippen LogP contribution in [-0.4, -0.2) is 94.6 Å². The molecule has 0 aliphatic rings. The van der Waals surface area contributed by atoms with E-state index in [0.29, 0.717) is 5.41 Å². The number of hydrogen-bond acceptors (Lipinski definition) is 3. The van der Waals surface area contributed by atoms with E-state index in [4.69, 9.17) is 0 Å². The second kappa shape index (κ2) is 14.1. The van der Waals surface area contributed by atoms with Gasteiger partial charge >= 0.3 is 0 Å². The Morgan fingerprint density at radius 1 is 0.815 bits per heavy atom. The second-order valence-corrected chi connectivity index (χ2v) is 12.7. The molecule has 1 atom stereocenters. The molecule has 0 heterocycles. The largest absolute Gasteiger partial charge is 0.309 e. The molecular weight excluding hydrogens is 349 g/mol. The average molecular weight is 400 g/mol. The average Bonchev–Trinajstić information content (AvgIpc) is 2.50. The van der Waals surface area contributed by atoms with Crippen LogP contribution < -0.4 is 0 Å². The Morgan fingerprint density at radius 2 is 1.26 bits per heavy atom. The molecular formula is C23H50N3P. The van der Waals surface area contributed by atoms with E-state index < -0.39 is 0 Å². The van der Waals surface area contributed by atoms with Crippen molar-refractivity contribution in [3.8, 4) is 0 Å². The minimum Gasteiger partial charge on any atom is -0.309 e. The van der Waals surface area contributed by atoms with Gasteiger partial charge < -0.3 is 14.7 Å². The highest BCUT2D eigenvalue weighted by Gasteiger charge is 2.23. The van der Waals surface area contributed by atoms with Gasteiger partial charge in [-0.15, -0.1) is 7.92 Å². The first-order valence-electron chi connectivity index (χ1n) is 10.8. The molecule has 0 spiro atoms. The summed E-state index contributed by atoms with van der Waals surface area (Å²) in [5.74, 6) is 0. The zero-order valence-electron chi connectivity index (χ0n) is 20.1. The second-order valence-electron chi connectivity index (χ2n) is 10.2. The van der Waals surface area contributed by atoms with Crippen molar-refractivity contribution < 1.29 is 0 Å². The first-order chi connectivity index (χ1) is 12.4. The van der Waals surface area contributed by atoms with Crippen LogP contribution in [0.25, 0.3) is 0 Å². The van der Waals surface area contributed by atoms with Crippen LogP contribution in [0.3, 0.4) is 0 Å². The number of nitrogens with zero attached hydrogens (tertiary/aromatic N) is 3. The van der Waals surface area contributed by atoms with E-state index in [1.807, 2.05) is 0 Å². The van der Waals surface area contributed by atoms with Gasteiger partial charge in [0.05, 0.1) is 0 Å². The van der Waals surface area contributed by atoms with Crippen molar-refractivity contribution in [1.29, 1.82) is 0 Å². The van der Waals surface area contributed by atoms with E-state index in [-0.39, 0.29) is 7.92 Å². The third-order valence-corrected chi connectivity index (χ3v) is 6.83. The fourth-order valence-corrected chi connectivity index (χ4v) is 5.30. The Morgan fingerprint density at radius 3 is 1.63 bits per heavy atom. The molecule has 162 valence electrons. The highest BCUT2D eigenvalue weighted by Crippen LogP contribution is 2.44. The van der Waals surface area contributed by atoms with Crippen molar-refractivity contribution in [1.82, 2.24) is 14.7 Å². The summed E-state index contributed by atoms with van der Waals surface area (Å²) in [5.41, 5.74) is 2.61. The summed E-state index contributed by atoms with van der Waals surface area (Å²) in [6, 6.07) is 0. The van der Waals surface area contributed by atoms with Gasteiger partial charge in [-0.3, -0.25) is 0 Å². The zero-order valence-corrected chi connectivity index (χ0v) is 21.0. The molecule has 0 fully saturated rings. The van der Waals surface area contributed by atoms with Crippen LogP contribution in [0.15, 0.2) is 12.2 Å². The van der Waals surface area contributed by atoms with Gasteiger partial charge in [-0.1, -0.05) is 32.9 Å². The maximum Gasteiger partial charge on any atom is -0.000207 e. The Kier molecular flexibility index (Phi) is 14.1. The van der Waals surface area contributed by atoms with Crippen LogP contribution in [0.1, 0.15) is 52.9 Å². The predicted octanol–water partition coefficient (Wildman–Crippen LogP) is 5.07. The lowest BCUT2D eigenvalue weighted by Gasteiger charge is -2.31. The van der Waals surface area contributed by atoms with E-state index in [2.05, 4.69) is 83.6 Å². The van der Waals surface area contributed by atoms with Crippen molar-refractivity contribution in [2.24, 2.45) is 5.41 Å². The highest BCUT2D eigenvalue weighted by molar-refractivity contribution is 7.57. The quantitative estimate of drug-likeness (QED) is 0.281. The van der Waals surface area contributed by atoms with Crippen molar-refractivity contribution >= 4 is 7.92 Å². The van der Waals surface area contributed by atoms with Gasteiger partial charge in [-0.2, -0.15) is 0 Å².